The number of halogens is 1. The maximum Gasteiger partial charge on any atom is 0.274 e. The van der Waals surface area contributed by atoms with Crippen LogP contribution in [0.3, 0.4) is 0 Å². The van der Waals surface area contributed by atoms with Gasteiger partial charge in [-0.1, -0.05) is 35.1 Å². The average Bonchev–Trinajstić information content (AvgIpc) is 3.19. The van der Waals surface area contributed by atoms with E-state index in [0.29, 0.717) is 28.1 Å². The molecule has 7 nitrogen and oxygen atoms in total. The van der Waals surface area contributed by atoms with Gasteiger partial charge < -0.3 is 10.2 Å². The van der Waals surface area contributed by atoms with Crippen LogP contribution >= 0.6 is 34.3 Å². The second kappa shape index (κ2) is 8.18. The monoisotopic (exact) mass is 511 g/mol. The summed E-state index contributed by atoms with van der Waals surface area (Å²) in [5.74, 6) is 0.325. The second-order valence-electron chi connectivity index (χ2n) is 8.89. The lowest BCUT2D eigenvalue weighted by Gasteiger charge is -2.27. The van der Waals surface area contributed by atoms with Crippen LogP contribution in [0.4, 0.5) is 0 Å². The van der Waals surface area contributed by atoms with Crippen molar-refractivity contribution in [3.63, 3.8) is 0 Å². The Bertz CT molecular complexity index is 1440. The van der Waals surface area contributed by atoms with E-state index in [1.54, 1.807) is 6.20 Å². The molecule has 1 aliphatic carbocycles. The minimum Gasteiger partial charge on any atom is -0.349 e. The first kappa shape index (κ1) is 21.8. The van der Waals surface area contributed by atoms with Crippen LogP contribution in [0.2, 0.25) is 5.02 Å². The van der Waals surface area contributed by atoms with Gasteiger partial charge in [0.1, 0.15) is 10.6 Å². The van der Waals surface area contributed by atoms with Crippen molar-refractivity contribution >= 4 is 51.0 Å². The van der Waals surface area contributed by atoms with Crippen LogP contribution in [0.1, 0.15) is 43.7 Å². The lowest BCUT2D eigenvalue weighted by Crippen LogP contribution is -2.45. The Kier molecular flexibility index (Phi) is 5.24. The zero-order valence-corrected chi connectivity index (χ0v) is 21.0. The van der Waals surface area contributed by atoms with E-state index < -0.39 is 0 Å². The zero-order chi connectivity index (χ0) is 23.6. The quantitative estimate of drug-likeness (QED) is 0.416. The maximum absolute atomic E-state index is 13.8. The maximum atomic E-state index is 13.8. The minimum absolute atomic E-state index is 0.0428. The molecule has 6 rings (SSSR count). The third kappa shape index (κ3) is 3.62. The van der Waals surface area contributed by atoms with Gasteiger partial charge in [0, 0.05) is 35.7 Å². The number of hydrogen-bond acceptors (Lipinski definition) is 6. The van der Waals surface area contributed by atoms with Gasteiger partial charge >= 0.3 is 0 Å². The molecule has 4 aromatic rings. The Hall–Kier alpha value is -2.75. The topological polar surface area (TPSA) is 79.6 Å². The lowest BCUT2D eigenvalue weighted by atomic mass is 10.1. The first-order valence-electron chi connectivity index (χ1n) is 11.2. The fourth-order valence-electron chi connectivity index (χ4n) is 4.97. The Morgan fingerprint density at radius 1 is 1.24 bits per heavy atom. The molecule has 2 aliphatic rings. The van der Waals surface area contributed by atoms with E-state index in [2.05, 4.69) is 15.3 Å². The Balaban J connectivity index is 1.23. The van der Waals surface area contributed by atoms with Crippen LogP contribution in [0.15, 0.2) is 36.7 Å². The van der Waals surface area contributed by atoms with Crippen molar-refractivity contribution < 1.29 is 9.59 Å². The number of amides is 2. The molecule has 1 aromatic carbocycles. The molecule has 0 bridgehead atoms. The number of rotatable bonds is 5. The predicted octanol–water partition coefficient (Wildman–Crippen LogP) is 4.82. The summed E-state index contributed by atoms with van der Waals surface area (Å²) in [6.07, 6.45) is 5.51. The summed E-state index contributed by atoms with van der Waals surface area (Å²) in [6.45, 7) is 4.26. The van der Waals surface area contributed by atoms with Gasteiger partial charge in [0.15, 0.2) is 4.96 Å². The van der Waals surface area contributed by atoms with Gasteiger partial charge in [0.05, 0.1) is 15.9 Å². The van der Waals surface area contributed by atoms with Crippen molar-refractivity contribution in [1.82, 2.24) is 24.6 Å². The average molecular weight is 512 g/mol. The molecule has 0 radical (unpaired) electrons. The summed E-state index contributed by atoms with van der Waals surface area (Å²) in [7, 11) is 0. The highest BCUT2D eigenvalue weighted by atomic mass is 35.5. The fourth-order valence-corrected chi connectivity index (χ4v) is 7.07. The molecule has 1 saturated heterocycles. The molecule has 0 spiro atoms. The van der Waals surface area contributed by atoms with Crippen molar-refractivity contribution in [2.24, 2.45) is 5.92 Å². The molecule has 1 N–H and O–H groups in total. The van der Waals surface area contributed by atoms with Crippen LogP contribution in [0, 0.1) is 19.8 Å². The molecule has 34 heavy (non-hydrogen) atoms. The van der Waals surface area contributed by atoms with Gasteiger partial charge in [0.25, 0.3) is 11.8 Å². The number of hydrogen-bond donors (Lipinski definition) is 1. The number of fused-ring (bicyclic) bond motifs is 2. The van der Waals surface area contributed by atoms with Gasteiger partial charge in [-0.15, -0.1) is 11.3 Å². The number of nitrogens with one attached hydrogen (secondary N) is 1. The third-order valence-corrected chi connectivity index (χ3v) is 9.09. The van der Waals surface area contributed by atoms with Crippen molar-refractivity contribution in [3.05, 3.63) is 63.0 Å². The molecule has 0 unspecified atom stereocenters. The number of carbonyl (C=O) groups excluding carboxylic acids is 2. The Morgan fingerprint density at radius 3 is 2.88 bits per heavy atom. The summed E-state index contributed by atoms with van der Waals surface area (Å²) >= 11 is 9.09. The standard InChI is InChI=1S/C24H22ClN5O2S2/c1-12-20(34-24-26-6-7-29(12)24)22(31)27-11-17-9-15-10-18(15)30(17)23(32)19-21(33-13(2)28-19)14-4-3-5-16(25)8-14/h3-8,15,17-18H,9-11H2,1-2H3,(H,27,31)/t15-,17+,18+/m1/s1. The molecule has 2 fully saturated rings. The van der Waals surface area contributed by atoms with Crippen molar-refractivity contribution in [1.29, 1.82) is 0 Å². The molecule has 1 saturated carbocycles. The van der Waals surface area contributed by atoms with Crippen molar-refractivity contribution in [2.45, 2.75) is 38.8 Å². The smallest absolute Gasteiger partial charge is 0.274 e. The number of imidazole rings is 1. The number of benzene rings is 1. The van der Waals surface area contributed by atoms with E-state index >= 15 is 0 Å². The van der Waals surface area contributed by atoms with E-state index in [0.717, 1.165) is 38.9 Å². The molecular weight excluding hydrogens is 490 g/mol. The van der Waals surface area contributed by atoms with Crippen LogP contribution < -0.4 is 5.32 Å². The second-order valence-corrected chi connectivity index (χ2v) is 11.5. The molecule has 10 heteroatoms. The highest BCUT2D eigenvalue weighted by molar-refractivity contribution is 7.19. The number of aryl methyl sites for hydroxylation is 2. The third-order valence-electron chi connectivity index (χ3n) is 6.66. The molecule has 2 amide bonds. The summed E-state index contributed by atoms with van der Waals surface area (Å²) in [6, 6.07) is 7.72. The van der Waals surface area contributed by atoms with Crippen LogP contribution in [-0.2, 0) is 0 Å². The van der Waals surface area contributed by atoms with Gasteiger partial charge in [-0.25, -0.2) is 9.97 Å². The Labute approximate surface area is 209 Å². The normalized spacial score (nSPS) is 21.1. The van der Waals surface area contributed by atoms with E-state index in [1.165, 1.54) is 22.7 Å². The highest BCUT2D eigenvalue weighted by Gasteiger charge is 2.54. The summed E-state index contributed by atoms with van der Waals surface area (Å²) < 4.78 is 1.92. The van der Waals surface area contributed by atoms with Crippen LogP contribution in [0.5, 0.6) is 0 Å². The van der Waals surface area contributed by atoms with E-state index in [1.807, 2.05) is 53.6 Å². The first-order valence-corrected chi connectivity index (χ1v) is 13.2. The van der Waals surface area contributed by atoms with Crippen molar-refractivity contribution in [3.8, 4) is 10.4 Å². The Morgan fingerprint density at radius 2 is 2.09 bits per heavy atom. The summed E-state index contributed by atoms with van der Waals surface area (Å²) in [4.78, 5) is 39.8. The van der Waals surface area contributed by atoms with Gasteiger partial charge in [-0.05, 0) is 50.3 Å². The van der Waals surface area contributed by atoms with Crippen LogP contribution in [0.25, 0.3) is 15.4 Å². The van der Waals surface area contributed by atoms with E-state index in [9.17, 15) is 9.59 Å². The van der Waals surface area contributed by atoms with E-state index in [-0.39, 0.29) is 23.9 Å². The first-order chi connectivity index (χ1) is 16.4. The summed E-state index contributed by atoms with van der Waals surface area (Å²) in [5, 5.41) is 4.54. The van der Waals surface area contributed by atoms with Crippen molar-refractivity contribution in [2.75, 3.05) is 6.54 Å². The fraction of sp³-hybridized carbons (Fsp3) is 0.333. The lowest BCUT2D eigenvalue weighted by molar-refractivity contribution is 0.0684. The number of thiazole rings is 2. The largest absolute Gasteiger partial charge is 0.349 e. The predicted molar refractivity (Wildman–Crippen MR) is 134 cm³/mol. The highest BCUT2D eigenvalue weighted by Crippen LogP contribution is 2.49. The van der Waals surface area contributed by atoms with Gasteiger partial charge in [0.2, 0.25) is 0 Å². The number of nitrogens with zero attached hydrogens (tertiary/aromatic N) is 4. The molecule has 1 aliphatic heterocycles. The van der Waals surface area contributed by atoms with Crippen LogP contribution in [-0.4, -0.2) is 49.7 Å². The van der Waals surface area contributed by atoms with E-state index in [4.69, 9.17) is 11.6 Å². The number of piperidine rings is 1. The molecular formula is C24H22ClN5O2S2. The zero-order valence-electron chi connectivity index (χ0n) is 18.6. The van der Waals surface area contributed by atoms with Gasteiger partial charge in [-0.2, -0.15) is 0 Å². The molecule has 4 heterocycles. The summed E-state index contributed by atoms with van der Waals surface area (Å²) in [5.41, 5.74) is 2.25. The number of carbonyl (C=O) groups is 2. The van der Waals surface area contributed by atoms with Gasteiger partial charge in [-0.3, -0.25) is 14.0 Å². The SMILES string of the molecule is Cc1nc(C(=O)N2[C@H](CNC(=O)c3sc4nccn4c3C)C[C@@H]3C[C@@H]32)c(-c2cccc(Cl)c2)s1. The molecule has 174 valence electrons. The number of aromatic nitrogens is 3. The minimum atomic E-state index is -0.120. The molecule has 3 atom stereocenters. The number of likely N-dealkylation sites (tertiary alicyclic amines) is 1. The molecule has 3 aromatic heterocycles.